The van der Waals surface area contributed by atoms with Crippen LogP contribution in [0.25, 0.3) is 0 Å². The number of rotatable bonds is 8. The number of benzene rings is 1. The minimum Gasteiger partial charge on any atom is -0.497 e. The summed E-state index contributed by atoms with van der Waals surface area (Å²) in [7, 11) is 1.54. The van der Waals surface area contributed by atoms with Gasteiger partial charge in [0.15, 0.2) is 0 Å². The SMILES string of the molecule is COc1ccc(CN2CCC[C@@H]([C@H](NC(=O)CC(C)C)c3ccccn3)C2)c(F)c1. The largest absolute Gasteiger partial charge is 0.497 e. The fourth-order valence-corrected chi connectivity index (χ4v) is 4.13. The van der Waals surface area contributed by atoms with E-state index in [9.17, 15) is 9.18 Å². The number of carbonyl (C=O) groups is 1. The van der Waals surface area contributed by atoms with Crippen LogP contribution in [0.3, 0.4) is 0 Å². The molecule has 0 bridgehead atoms. The lowest BCUT2D eigenvalue weighted by atomic mass is 9.88. The number of ether oxygens (including phenoxy) is 1. The van der Waals surface area contributed by atoms with E-state index in [1.165, 1.54) is 13.2 Å². The van der Waals surface area contributed by atoms with Crippen molar-refractivity contribution in [2.24, 2.45) is 11.8 Å². The van der Waals surface area contributed by atoms with Crippen LogP contribution in [0.4, 0.5) is 4.39 Å². The molecule has 1 saturated heterocycles. The van der Waals surface area contributed by atoms with Crippen LogP contribution < -0.4 is 10.1 Å². The van der Waals surface area contributed by atoms with Gasteiger partial charge in [0.25, 0.3) is 0 Å². The van der Waals surface area contributed by atoms with Crippen LogP contribution in [-0.4, -0.2) is 36.0 Å². The second kappa shape index (κ2) is 10.5. The second-order valence-corrected chi connectivity index (χ2v) is 8.49. The van der Waals surface area contributed by atoms with Gasteiger partial charge in [0.1, 0.15) is 11.6 Å². The Labute approximate surface area is 178 Å². The molecule has 0 radical (unpaired) electrons. The van der Waals surface area contributed by atoms with E-state index in [1.807, 2.05) is 32.0 Å². The number of carbonyl (C=O) groups excluding carboxylic acids is 1. The van der Waals surface area contributed by atoms with Crippen LogP contribution in [0.15, 0.2) is 42.6 Å². The molecule has 30 heavy (non-hydrogen) atoms. The topological polar surface area (TPSA) is 54.5 Å². The first-order chi connectivity index (χ1) is 14.5. The Hall–Kier alpha value is -2.47. The standard InChI is InChI=1S/C24H32FN3O2/c1-17(2)13-23(29)27-24(22-8-4-5-11-26-22)19-7-6-12-28(16-19)15-18-9-10-20(30-3)14-21(18)25/h4-5,8-11,14,17,19,24H,6-7,12-13,15-16H2,1-3H3,(H,27,29)/t19-,24+/m1/s1. The van der Waals surface area contributed by atoms with Gasteiger partial charge in [0.05, 0.1) is 18.8 Å². The van der Waals surface area contributed by atoms with Crippen molar-refractivity contribution >= 4 is 5.91 Å². The van der Waals surface area contributed by atoms with E-state index in [2.05, 4.69) is 15.2 Å². The lowest BCUT2D eigenvalue weighted by Gasteiger charge is -2.37. The first-order valence-corrected chi connectivity index (χ1v) is 10.7. The van der Waals surface area contributed by atoms with Gasteiger partial charge in [0.2, 0.25) is 5.91 Å². The molecule has 2 atom stereocenters. The van der Waals surface area contributed by atoms with Gasteiger partial charge in [-0.3, -0.25) is 14.7 Å². The molecule has 0 unspecified atom stereocenters. The molecule has 2 heterocycles. The quantitative estimate of drug-likeness (QED) is 0.699. The molecule has 1 aromatic carbocycles. The zero-order valence-electron chi connectivity index (χ0n) is 18.1. The number of halogens is 1. The molecule has 162 valence electrons. The molecule has 1 N–H and O–H groups in total. The van der Waals surface area contributed by atoms with Gasteiger partial charge in [-0.05, 0) is 49.4 Å². The minimum atomic E-state index is -0.247. The van der Waals surface area contributed by atoms with Crippen molar-refractivity contribution in [3.63, 3.8) is 0 Å². The number of likely N-dealkylation sites (tertiary alicyclic amines) is 1. The highest BCUT2D eigenvalue weighted by Gasteiger charge is 2.30. The molecule has 1 fully saturated rings. The van der Waals surface area contributed by atoms with Gasteiger partial charge < -0.3 is 10.1 Å². The third kappa shape index (κ3) is 6.02. The molecule has 0 spiro atoms. The molecule has 5 nitrogen and oxygen atoms in total. The number of aromatic nitrogens is 1. The van der Waals surface area contributed by atoms with Crippen LogP contribution in [0, 0.1) is 17.7 Å². The number of pyridine rings is 1. The number of nitrogens with one attached hydrogen (secondary N) is 1. The molecule has 1 amide bonds. The third-order valence-corrected chi connectivity index (χ3v) is 5.58. The molecular weight excluding hydrogens is 381 g/mol. The van der Waals surface area contributed by atoms with Crippen molar-refractivity contribution in [2.45, 2.75) is 45.7 Å². The maximum Gasteiger partial charge on any atom is 0.220 e. The molecule has 2 aromatic rings. The van der Waals surface area contributed by atoms with E-state index in [-0.39, 0.29) is 23.7 Å². The van der Waals surface area contributed by atoms with Crippen LogP contribution >= 0.6 is 0 Å². The summed E-state index contributed by atoms with van der Waals surface area (Å²) in [6.07, 6.45) is 4.28. The van der Waals surface area contributed by atoms with Crippen molar-refractivity contribution in [1.29, 1.82) is 0 Å². The molecular formula is C24H32FN3O2. The van der Waals surface area contributed by atoms with Crippen LogP contribution in [0.1, 0.15) is 50.4 Å². The molecule has 0 saturated carbocycles. The predicted molar refractivity (Wildman–Crippen MR) is 116 cm³/mol. The number of methoxy groups -OCH3 is 1. The summed E-state index contributed by atoms with van der Waals surface area (Å²) in [6.45, 7) is 6.33. The monoisotopic (exact) mass is 413 g/mol. The van der Waals surface area contributed by atoms with Crippen molar-refractivity contribution in [3.8, 4) is 5.75 Å². The first-order valence-electron chi connectivity index (χ1n) is 10.7. The summed E-state index contributed by atoms with van der Waals surface area (Å²) in [5.41, 5.74) is 1.55. The van der Waals surface area contributed by atoms with E-state index in [1.54, 1.807) is 18.3 Å². The van der Waals surface area contributed by atoms with Crippen molar-refractivity contribution in [1.82, 2.24) is 15.2 Å². The zero-order chi connectivity index (χ0) is 21.5. The summed E-state index contributed by atoms with van der Waals surface area (Å²) in [5.74, 6) is 0.860. The molecule has 6 heteroatoms. The summed E-state index contributed by atoms with van der Waals surface area (Å²) in [6, 6.07) is 10.7. The normalized spacial score (nSPS) is 18.2. The van der Waals surface area contributed by atoms with Gasteiger partial charge in [-0.2, -0.15) is 0 Å². The van der Waals surface area contributed by atoms with E-state index in [0.29, 0.717) is 30.2 Å². The van der Waals surface area contributed by atoms with Crippen molar-refractivity contribution in [3.05, 3.63) is 59.7 Å². The predicted octanol–water partition coefficient (Wildman–Crippen LogP) is 4.34. The maximum atomic E-state index is 14.4. The Morgan fingerprint density at radius 1 is 1.33 bits per heavy atom. The number of hydrogen-bond acceptors (Lipinski definition) is 4. The van der Waals surface area contributed by atoms with E-state index in [0.717, 1.165) is 31.6 Å². The Morgan fingerprint density at radius 2 is 2.17 bits per heavy atom. The lowest BCUT2D eigenvalue weighted by Crippen LogP contribution is -2.43. The molecule has 3 rings (SSSR count). The van der Waals surface area contributed by atoms with Crippen molar-refractivity contribution < 1.29 is 13.9 Å². The Kier molecular flexibility index (Phi) is 7.80. The average Bonchev–Trinajstić information content (AvgIpc) is 2.74. The van der Waals surface area contributed by atoms with E-state index < -0.39 is 0 Å². The van der Waals surface area contributed by atoms with Crippen molar-refractivity contribution in [2.75, 3.05) is 20.2 Å². The zero-order valence-corrected chi connectivity index (χ0v) is 18.1. The van der Waals surface area contributed by atoms with Gasteiger partial charge in [-0.1, -0.05) is 26.0 Å². The minimum absolute atomic E-state index is 0.0546. The molecule has 1 aliphatic rings. The second-order valence-electron chi connectivity index (χ2n) is 8.49. The van der Waals surface area contributed by atoms with Gasteiger partial charge >= 0.3 is 0 Å². The Balaban J connectivity index is 1.73. The Morgan fingerprint density at radius 3 is 2.83 bits per heavy atom. The highest BCUT2D eigenvalue weighted by Crippen LogP contribution is 2.30. The summed E-state index contributed by atoms with van der Waals surface area (Å²) in [5, 5.41) is 3.23. The summed E-state index contributed by atoms with van der Waals surface area (Å²) in [4.78, 5) is 19.3. The lowest BCUT2D eigenvalue weighted by molar-refractivity contribution is -0.123. The summed E-state index contributed by atoms with van der Waals surface area (Å²) >= 11 is 0. The van der Waals surface area contributed by atoms with Gasteiger partial charge in [-0.25, -0.2) is 4.39 Å². The van der Waals surface area contributed by atoms with Crippen LogP contribution in [0.5, 0.6) is 5.75 Å². The summed E-state index contributed by atoms with van der Waals surface area (Å²) < 4.78 is 19.5. The van der Waals surface area contributed by atoms with E-state index >= 15 is 0 Å². The molecule has 1 aliphatic heterocycles. The highest BCUT2D eigenvalue weighted by atomic mass is 19.1. The smallest absolute Gasteiger partial charge is 0.220 e. The third-order valence-electron chi connectivity index (χ3n) is 5.58. The fraction of sp³-hybridized carbons (Fsp3) is 0.500. The molecule has 1 aromatic heterocycles. The highest BCUT2D eigenvalue weighted by molar-refractivity contribution is 5.76. The number of piperidine rings is 1. The first kappa shape index (κ1) is 22.2. The number of nitrogens with zero attached hydrogens (tertiary/aromatic N) is 2. The average molecular weight is 414 g/mol. The Bertz CT molecular complexity index is 828. The van der Waals surface area contributed by atoms with E-state index in [4.69, 9.17) is 4.74 Å². The number of hydrogen-bond donors (Lipinski definition) is 1. The maximum absolute atomic E-state index is 14.4. The van der Waals surface area contributed by atoms with Crippen LogP contribution in [-0.2, 0) is 11.3 Å². The fourth-order valence-electron chi connectivity index (χ4n) is 4.13. The molecule has 0 aliphatic carbocycles. The van der Waals surface area contributed by atoms with Crippen LogP contribution in [0.2, 0.25) is 0 Å². The van der Waals surface area contributed by atoms with Gasteiger partial charge in [0, 0.05) is 37.3 Å². The van der Waals surface area contributed by atoms with Gasteiger partial charge in [-0.15, -0.1) is 0 Å². The number of amides is 1.